The molecule has 26 heavy (non-hydrogen) atoms. The van der Waals surface area contributed by atoms with Gasteiger partial charge in [0.15, 0.2) is 0 Å². The highest BCUT2D eigenvalue weighted by molar-refractivity contribution is 7.89. The molecule has 1 aliphatic rings. The Balaban J connectivity index is 1.98. The Labute approximate surface area is 153 Å². The van der Waals surface area contributed by atoms with Gasteiger partial charge in [0, 0.05) is 19.2 Å². The number of hydrogen-bond donors (Lipinski definition) is 2. The van der Waals surface area contributed by atoms with Gasteiger partial charge in [-0.1, -0.05) is 6.07 Å². The zero-order chi connectivity index (χ0) is 19.2. The molecule has 0 radical (unpaired) electrons. The van der Waals surface area contributed by atoms with Gasteiger partial charge in [0.05, 0.1) is 18.1 Å². The summed E-state index contributed by atoms with van der Waals surface area (Å²) in [4.78, 5) is 23.9. The van der Waals surface area contributed by atoms with Gasteiger partial charge < -0.3 is 14.8 Å². The van der Waals surface area contributed by atoms with E-state index in [0.717, 1.165) is 12.8 Å². The lowest BCUT2D eigenvalue weighted by molar-refractivity contribution is -0.142. The van der Waals surface area contributed by atoms with Crippen LogP contribution in [0, 0.1) is 12.8 Å². The summed E-state index contributed by atoms with van der Waals surface area (Å²) in [5, 5.41) is 2.47. The van der Waals surface area contributed by atoms with Crippen LogP contribution >= 0.6 is 0 Å². The molecule has 8 nitrogen and oxygen atoms in total. The molecule has 2 N–H and O–H groups in total. The average Bonchev–Trinajstić information content (AvgIpc) is 3.42. The van der Waals surface area contributed by atoms with Crippen LogP contribution in [-0.2, 0) is 24.3 Å². The summed E-state index contributed by atoms with van der Waals surface area (Å²) in [6.45, 7) is 2.18. The van der Waals surface area contributed by atoms with E-state index in [0.29, 0.717) is 18.1 Å². The number of carbonyl (C=O) groups is 2. The third kappa shape index (κ3) is 6.08. The first-order valence-corrected chi connectivity index (χ1v) is 9.85. The number of ether oxygens (including phenoxy) is 2. The number of rotatable bonds is 10. The highest BCUT2D eigenvalue weighted by Crippen LogP contribution is 2.28. The first kappa shape index (κ1) is 20.3. The zero-order valence-corrected chi connectivity index (χ0v) is 15.7. The van der Waals surface area contributed by atoms with Gasteiger partial charge in [0.2, 0.25) is 10.0 Å². The van der Waals surface area contributed by atoms with Crippen LogP contribution in [0.15, 0.2) is 23.1 Å². The first-order valence-electron chi connectivity index (χ1n) is 8.36. The molecule has 9 heteroatoms. The van der Waals surface area contributed by atoms with Gasteiger partial charge in [0.1, 0.15) is 6.54 Å². The standard InChI is InChI=1S/C17H24N2O6S/c1-12-3-6-14(26(22,23)19-7-8-24-2)9-15(12)17(21)18-10-16(20)25-11-13-4-5-13/h3,6,9,13,19H,4-5,7-8,10-11H2,1-2H3,(H,18,21). The van der Waals surface area contributed by atoms with Gasteiger partial charge in [0.25, 0.3) is 5.91 Å². The van der Waals surface area contributed by atoms with Crippen molar-refractivity contribution in [2.75, 3.05) is 33.4 Å². The lowest BCUT2D eigenvalue weighted by Crippen LogP contribution is -2.32. The van der Waals surface area contributed by atoms with Crippen LogP contribution in [0.2, 0.25) is 0 Å². The second kappa shape index (κ2) is 9.11. The van der Waals surface area contributed by atoms with Crippen molar-refractivity contribution in [1.82, 2.24) is 10.0 Å². The number of methoxy groups -OCH3 is 1. The van der Waals surface area contributed by atoms with Crippen molar-refractivity contribution in [3.05, 3.63) is 29.3 Å². The van der Waals surface area contributed by atoms with E-state index < -0.39 is 21.9 Å². The van der Waals surface area contributed by atoms with Crippen molar-refractivity contribution < 1.29 is 27.5 Å². The molecule has 0 aromatic heterocycles. The summed E-state index contributed by atoms with van der Waals surface area (Å²) in [6.07, 6.45) is 2.14. The minimum Gasteiger partial charge on any atom is -0.464 e. The molecule has 0 aliphatic heterocycles. The Kier molecular flexibility index (Phi) is 7.13. The summed E-state index contributed by atoms with van der Waals surface area (Å²) in [6, 6.07) is 4.26. The van der Waals surface area contributed by atoms with Crippen LogP contribution in [-0.4, -0.2) is 53.7 Å². The number of sulfonamides is 1. The highest BCUT2D eigenvalue weighted by Gasteiger charge is 2.23. The van der Waals surface area contributed by atoms with Gasteiger partial charge in [-0.2, -0.15) is 0 Å². The molecule has 1 aliphatic carbocycles. The summed E-state index contributed by atoms with van der Waals surface area (Å²) in [5.74, 6) is -0.586. The van der Waals surface area contributed by atoms with Crippen molar-refractivity contribution in [2.45, 2.75) is 24.7 Å². The molecule has 1 fully saturated rings. The topological polar surface area (TPSA) is 111 Å². The Bertz CT molecular complexity index is 759. The normalized spacial score (nSPS) is 14.1. The Hall–Kier alpha value is -1.97. The number of esters is 1. The third-order valence-electron chi connectivity index (χ3n) is 3.93. The number of hydrogen-bond acceptors (Lipinski definition) is 6. The average molecular weight is 384 g/mol. The van der Waals surface area contributed by atoms with Crippen molar-refractivity contribution in [3.8, 4) is 0 Å². The SMILES string of the molecule is COCCNS(=O)(=O)c1ccc(C)c(C(=O)NCC(=O)OCC2CC2)c1. The van der Waals surface area contributed by atoms with Crippen molar-refractivity contribution in [3.63, 3.8) is 0 Å². The van der Waals surface area contributed by atoms with E-state index in [1.54, 1.807) is 13.0 Å². The van der Waals surface area contributed by atoms with E-state index in [-0.39, 0.29) is 30.2 Å². The van der Waals surface area contributed by atoms with E-state index in [9.17, 15) is 18.0 Å². The Morgan fingerprint density at radius 2 is 2.00 bits per heavy atom. The number of amides is 1. The maximum absolute atomic E-state index is 12.3. The predicted octanol–water partition coefficient (Wildman–Crippen LogP) is 0.603. The van der Waals surface area contributed by atoms with E-state index in [2.05, 4.69) is 10.0 Å². The smallest absolute Gasteiger partial charge is 0.325 e. The second-order valence-electron chi connectivity index (χ2n) is 6.18. The maximum Gasteiger partial charge on any atom is 0.325 e. The molecule has 2 rings (SSSR count). The Morgan fingerprint density at radius 1 is 1.27 bits per heavy atom. The van der Waals surface area contributed by atoms with Gasteiger partial charge in [-0.3, -0.25) is 9.59 Å². The lowest BCUT2D eigenvalue weighted by atomic mass is 10.1. The third-order valence-corrected chi connectivity index (χ3v) is 5.39. The van der Waals surface area contributed by atoms with Crippen LogP contribution in [0.25, 0.3) is 0 Å². The van der Waals surface area contributed by atoms with E-state index in [1.807, 2.05) is 0 Å². The summed E-state index contributed by atoms with van der Waals surface area (Å²) in [7, 11) is -2.28. The summed E-state index contributed by atoms with van der Waals surface area (Å²) >= 11 is 0. The minimum absolute atomic E-state index is 0.0272. The molecular formula is C17H24N2O6S. The minimum atomic E-state index is -3.75. The van der Waals surface area contributed by atoms with Crippen LogP contribution in [0.1, 0.15) is 28.8 Å². The predicted molar refractivity (Wildman–Crippen MR) is 94.3 cm³/mol. The molecule has 0 saturated heterocycles. The van der Waals surface area contributed by atoms with E-state index in [1.165, 1.54) is 19.2 Å². The van der Waals surface area contributed by atoms with Crippen LogP contribution < -0.4 is 10.0 Å². The summed E-state index contributed by atoms with van der Waals surface area (Å²) in [5.41, 5.74) is 0.791. The van der Waals surface area contributed by atoms with Crippen LogP contribution in [0.4, 0.5) is 0 Å². The van der Waals surface area contributed by atoms with Crippen LogP contribution in [0.5, 0.6) is 0 Å². The second-order valence-corrected chi connectivity index (χ2v) is 7.94. The molecule has 0 heterocycles. The number of nitrogens with one attached hydrogen (secondary N) is 2. The zero-order valence-electron chi connectivity index (χ0n) is 14.9. The fraction of sp³-hybridized carbons (Fsp3) is 0.529. The highest BCUT2D eigenvalue weighted by atomic mass is 32.2. The number of aryl methyl sites for hydroxylation is 1. The van der Waals surface area contributed by atoms with Crippen molar-refractivity contribution in [2.24, 2.45) is 5.92 Å². The summed E-state index contributed by atoms with van der Waals surface area (Å²) < 4.78 is 36.7. The van der Waals surface area contributed by atoms with E-state index >= 15 is 0 Å². The van der Waals surface area contributed by atoms with Gasteiger partial charge in [-0.05, 0) is 43.4 Å². The molecule has 0 spiro atoms. The number of carbonyl (C=O) groups excluding carboxylic acids is 2. The quantitative estimate of drug-likeness (QED) is 0.451. The lowest BCUT2D eigenvalue weighted by Gasteiger charge is -2.11. The van der Waals surface area contributed by atoms with Crippen molar-refractivity contribution in [1.29, 1.82) is 0 Å². The van der Waals surface area contributed by atoms with Crippen LogP contribution in [0.3, 0.4) is 0 Å². The monoisotopic (exact) mass is 384 g/mol. The molecule has 1 saturated carbocycles. The van der Waals surface area contributed by atoms with Crippen molar-refractivity contribution >= 4 is 21.9 Å². The molecular weight excluding hydrogens is 360 g/mol. The number of benzene rings is 1. The molecule has 0 unspecified atom stereocenters. The fourth-order valence-corrected chi connectivity index (χ4v) is 3.21. The van der Waals surface area contributed by atoms with E-state index in [4.69, 9.17) is 9.47 Å². The molecule has 1 aromatic rings. The first-order chi connectivity index (χ1) is 12.3. The largest absolute Gasteiger partial charge is 0.464 e. The fourth-order valence-electron chi connectivity index (χ4n) is 2.17. The molecule has 144 valence electrons. The molecule has 1 aromatic carbocycles. The molecule has 1 amide bonds. The maximum atomic E-state index is 12.3. The molecule has 0 bridgehead atoms. The van der Waals surface area contributed by atoms with Gasteiger partial charge in [-0.15, -0.1) is 0 Å². The van der Waals surface area contributed by atoms with Gasteiger partial charge in [-0.25, -0.2) is 13.1 Å². The molecule has 0 atom stereocenters. The van der Waals surface area contributed by atoms with Gasteiger partial charge >= 0.3 is 5.97 Å². The Morgan fingerprint density at radius 3 is 2.65 bits per heavy atom.